The average molecular weight is 421 g/mol. The van der Waals surface area contributed by atoms with Gasteiger partial charge in [0.25, 0.3) is 0 Å². The minimum atomic E-state index is -5.78. The van der Waals surface area contributed by atoms with E-state index in [9.17, 15) is 21.6 Å². The van der Waals surface area contributed by atoms with Crippen molar-refractivity contribution in [3.8, 4) is 28.0 Å². The van der Waals surface area contributed by atoms with Crippen molar-refractivity contribution in [1.82, 2.24) is 0 Å². The zero-order valence-electron chi connectivity index (χ0n) is 15.6. The van der Waals surface area contributed by atoms with E-state index in [1.165, 1.54) is 18.2 Å². The molecule has 0 heterocycles. The molecule has 0 aromatic heterocycles. The van der Waals surface area contributed by atoms with Crippen molar-refractivity contribution in [3.63, 3.8) is 0 Å². The Hall–Kier alpha value is -3.00. The number of nitrogens with zero attached hydrogens (tertiary/aromatic N) is 1. The number of hydrogen-bond acceptors (Lipinski definition) is 4. The Bertz CT molecular complexity index is 1110. The molecule has 0 radical (unpaired) electrons. The molecule has 0 saturated carbocycles. The molecular weight excluding hydrogens is 403 g/mol. The van der Waals surface area contributed by atoms with E-state index < -0.39 is 15.6 Å². The number of anilines is 1. The lowest BCUT2D eigenvalue weighted by atomic mass is 9.94. The van der Waals surface area contributed by atoms with Crippen LogP contribution in [-0.2, 0) is 10.1 Å². The van der Waals surface area contributed by atoms with Crippen LogP contribution in [0, 0.1) is 0 Å². The minimum Gasteiger partial charge on any atom is -0.378 e. The molecule has 0 aliphatic heterocycles. The fourth-order valence-electron chi connectivity index (χ4n) is 2.84. The molecule has 0 aliphatic carbocycles. The van der Waals surface area contributed by atoms with Gasteiger partial charge in [-0.25, -0.2) is 0 Å². The molecule has 0 N–H and O–H groups in total. The van der Waals surface area contributed by atoms with Crippen LogP contribution in [0.15, 0.2) is 72.8 Å². The maximum atomic E-state index is 12.8. The fourth-order valence-corrected chi connectivity index (χ4v) is 3.31. The lowest BCUT2D eigenvalue weighted by Gasteiger charge is -2.16. The minimum absolute atomic E-state index is 0.243. The van der Waals surface area contributed by atoms with Gasteiger partial charge in [0.1, 0.15) is 0 Å². The Morgan fingerprint density at radius 1 is 0.759 bits per heavy atom. The number of hydrogen-bond donors (Lipinski definition) is 0. The second kappa shape index (κ2) is 7.79. The molecule has 0 bridgehead atoms. The first-order valence-corrected chi connectivity index (χ1v) is 9.98. The summed E-state index contributed by atoms with van der Waals surface area (Å²) in [6.07, 6.45) is 0. The molecule has 0 aliphatic rings. The van der Waals surface area contributed by atoms with Crippen LogP contribution in [0.25, 0.3) is 22.3 Å². The van der Waals surface area contributed by atoms with Gasteiger partial charge in [-0.2, -0.15) is 21.6 Å². The van der Waals surface area contributed by atoms with Gasteiger partial charge >= 0.3 is 15.6 Å². The number of halogens is 3. The van der Waals surface area contributed by atoms with Gasteiger partial charge in [0.15, 0.2) is 5.75 Å². The Balaban J connectivity index is 2.10. The molecule has 0 amide bonds. The van der Waals surface area contributed by atoms with Crippen LogP contribution in [0.4, 0.5) is 18.9 Å². The summed E-state index contributed by atoms with van der Waals surface area (Å²) in [4.78, 5) is 1.95. The number of rotatable bonds is 5. The Morgan fingerprint density at radius 3 is 1.83 bits per heavy atom. The van der Waals surface area contributed by atoms with Gasteiger partial charge in [0.05, 0.1) is 0 Å². The van der Waals surface area contributed by atoms with E-state index in [4.69, 9.17) is 0 Å². The summed E-state index contributed by atoms with van der Waals surface area (Å²) in [6, 6.07) is 20.4. The van der Waals surface area contributed by atoms with Crippen LogP contribution in [0.3, 0.4) is 0 Å². The molecular formula is C21H18F3NO3S. The summed E-state index contributed by atoms with van der Waals surface area (Å²) in [5.74, 6) is -0.387. The molecule has 3 aromatic carbocycles. The molecule has 3 aromatic rings. The lowest BCUT2D eigenvalue weighted by Crippen LogP contribution is -2.28. The third-order valence-electron chi connectivity index (χ3n) is 4.28. The summed E-state index contributed by atoms with van der Waals surface area (Å²) < 4.78 is 65.8. The Labute approximate surface area is 167 Å². The first-order valence-electron chi connectivity index (χ1n) is 8.57. The number of para-hydroxylation sites is 1. The summed E-state index contributed by atoms with van der Waals surface area (Å²) in [5.41, 5.74) is -2.16. The average Bonchev–Trinajstić information content (AvgIpc) is 2.67. The maximum absolute atomic E-state index is 12.8. The van der Waals surface area contributed by atoms with Crippen LogP contribution in [0.2, 0.25) is 0 Å². The molecule has 0 fully saturated rings. The van der Waals surface area contributed by atoms with Crippen molar-refractivity contribution < 1.29 is 25.8 Å². The van der Waals surface area contributed by atoms with Crippen LogP contribution < -0.4 is 9.08 Å². The lowest BCUT2D eigenvalue weighted by molar-refractivity contribution is -0.0499. The van der Waals surface area contributed by atoms with Crippen molar-refractivity contribution in [1.29, 1.82) is 0 Å². The monoisotopic (exact) mass is 421 g/mol. The smallest absolute Gasteiger partial charge is 0.378 e. The van der Waals surface area contributed by atoms with Crippen LogP contribution in [0.1, 0.15) is 0 Å². The van der Waals surface area contributed by atoms with E-state index in [1.807, 2.05) is 49.3 Å². The molecule has 29 heavy (non-hydrogen) atoms. The third-order valence-corrected chi connectivity index (χ3v) is 5.25. The standard InChI is InChI=1S/C21H18F3NO3S/c1-25(2)16-13-11-15(12-14-16)17-7-3-4-8-18(17)19-9-5-6-10-20(19)28-29(26,27)21(22,23)24/h3-14H,1-2H3. The van der Waals surface area contributed by atoms with Crippen LogP contribution in [-0.4, -0.2) is 28.0 Å². The van der Waals surface area contributed by atoms with E-state index in [-0.39, 0.29) is 11.3 Å². The molecule has 8 heteroatoms. The van der Waals surface area contributed by atoms with Crippen LogP contribution in [0.5, 0.6) is 5.75 Å². The third kappa shape index (κ3) is 4.37. The summed E-state index contributed by atoms with van der Waals surface area (Å²) in [6.45, 7) is 0. The van der Waals surface area contributed by atoms with Gasteiger partial charge in [-0.05, 0) is 34.9 Å². The maximum Gasteiger partial charge on any atom is 0.534 e. The zero-order valence-corrected chi connectivity index (χ0v) is 16.5. The van der Waals surface area contributed by atoms with Crippen LogP contribution >= 0.6 is 0 Å². The number of benzene rings is 3. The van der Waals surface area contributed by atoms with E-state index in [2.05, 4.69) is 4.18 Å². The highest BCUT2D eigenvalue weighted by Crippen LogP contribution is 2.39. The molecule has 0 unspecified atom stereocenters. The molecule has 3 rings (SSSR count). The highest BCUT2D eigenvalue weighted by molar-refractivity contribution is 7.88. The topological polar surface area (TPSA) is 46.6 Å². The first kappa shape index (κ1) is 20.7. The van der Waals surface area contributed by atoms with Gasteiger partial charge in [0.2, 0.25) is 0 Å². The molecule has 0 spiro atoms. The van der Waals surface area contributed by atoms with Gasteiger partial charge in [0, 0.05) is 25.3 Å². The molecule has 0 saturated heterocycles. The second-order valence-electron chi connectivity index (χ2n) is 6.47. The van der Waals surface area contributed by atoms with Gasteiger partial charge in [-0.15, -0.1) is 0 Å². The van der Waals surface area contributed by atoms with Gasteiger partial charge in [-0.1, -0.05) is 54.6 Å². The van der Waals surface area contributed by atoms with Gasteiger partial charge < -0.3 is 9.08 Å². The summed E-state index contributed by atoms with van der Waals surface area (Å²) >= 11 is 0. The van der Waals surface area contributed by atoms with E-state index in [0.717, 1.165) is 16.8 Å². The Morgan fingerprint density at radius 2 is 1.28 bits per heavy atom. The van der Waals surface area contributed by atoms with Crippen molar-refractivity contribution in [2.45, 2.75) is 5.51 Å². The zero-order chi connectivity index (χ0) is 21.2. The van der Waals surface area contributed by atoms with E-state index in [1.54, 1.807) is 24.3 Å². The highest BCUT2D eigenvalue weighted by Gasteiger charge is 2.48. The Kier molecular flexibility index (Phi) is 5.57. The van der Waals surface area contributed by atoms with Crippen molar-refractivity contribution in [3.05, 3.63) is 72.8 Å². The molecule has 0 atom stereocenters. The SMILES string of the molecule is CN(C)c1ccc(-c2ccccc2-c2ccccc2OS(=O)(=O)C(F)(F)F)cc1. The second-order valence-corrected chi connectivity index (χ2v) is 8.00. The predicted molar refractivity (Wildman–Crippen MR) is 107 cm³/mol. The fraction of sp³-hybridized carbons (Fsp3) is 0.143. The summed E-state index contributed by atoms with van der Waals surface area (Å²) in [7, 11) is -1.95. The van der Waals surface area contributed by atoms with Crippen molar-refractivity contribution >= 4 is 15.8 Å². The van der Waals surface area contributed by atoms with E-state index >= 15 is 0 Å². The largest absolute Gasteiger partial charge is 0.534 e. The molecule has 4 nitrogen and oxygen atoms in total. The van der Waals surface area contributed by atoms with Crippen molar-refractivity contribution in [2.75, 3.05) is 19.0 Å². The molecule has 152 valence electrons. The normalized spacial score (nSPS) is 11.9. The van der Waals surface area contributed by atoms with E-state index in [0.29, 0.717) is 5.56 Å². The highest BCUT2D eigenvalue weighted by atomic mass is 32.2. The quantitative estimate of drug-likeness (QED) is 0.414. The number of alkyl halides is 3. The summed E-state index contributed by atoms with van der Waals surface area (Å²) in [5, 5.41) is 0. The predicted octanol–water partition coefficient (Wildman–Crippen LogP) is 5.32. The first-order chi connectivity index (χ1) is 13.6. The van der Waals surface area contributed by atoms with Crippen molar-refractivity contribution in [2.24, 2.45) is 0 Å². The van der Waals surface area contributed by atoms with Gasteiger partial charge in [-0.3, -0.25) is 0 Å².